The van der Waals surface area contributed by atoms with Gasteiger partial charge >= 0.3 is 17.9 Å². The number of carboxylic acids is 1. The van der Waals surface area contributed by atoms with Gasteiger partial charge in [-0.25, -0.2) is 4.79 Å². The summed E-state index contributed by atoms with van der Waals surface area (Å²) in [5.41, 5.74) is 5.67. The van der Waals surface area contributed by atoms with E-state index in [1.165, 1.54) is 13.1 Å². The number of primary amides is 1. The second kappa shape index (κ2) is 9.52. The lowest BCUT2D eigenvalue weighted by Gasteiger charge is -2.30. The van der Waals surface area contributed by atoms with Crippen LogP contribution >= 0.6 is 0 Å². The number of nitrogens with zero attached hydrogens (tertiary/aromatic N) is 1. The summed E-state index contributed by atoms with van der Waals surface area (Å²) in [6.45, 7) is 2.69. The molecule has 11 heteroatoms. The number of nitrogens with two attached hydrogens (primary N) is 1. The third kappa shape index (κ3) is 5.78. The molecule has 2 rings (SSSR count). The van der Waals surface area contributed by atoms with Crippen LogP contribution in [0.3, 0.4) is 0 Å². The molecule has 2 aliphatic heterocycles. The van der Waals surface area contributed by atoms with E-state index in [1.54, 1.807) is 24.1 Å². The number of carbonyl (C=O) groups is 4. The second-order valence-corrected chi connectivity index (χ2v) is 6.80. The molecule has 0 saturated carbocycles. The van der Waals surface area contributed by atoms with Crippen LogP contribution in [-0.4, -0.2) is 70.1 Å². The van der Waals surface area contributed by atoms with Gasteiger partial charge in [-0.15, -0.1) is 0 Å². The number of esters is 2. The SMILES string of the molecule is CC(=O)OC1[C@H](N2C=CCC(C(N)=O)=C2)O[C@H](COC(=O)[C@@H](O)CC(=O)O)[C@H]1C. The maximum absolute atomic E-state index is 11.7. The van der Waals surface area contributed by atoms with Gasteiger partial charge in [0.2, 0.25) is 5.91 Å². The Kier molecular flexibility index (Phi) is 7.35. The van der Waals surface area contributed by atoms with Crippen LogP contribution < -0.4 is 5.73 Å². The predicted molar refractivity (Wildman–Crippen MR) is 95.5 cm³/mol. The van der Waals surface area contributed by atoms with Crippen molar-refractivity contribution >= 4 is 23.8 Å². The van der Waals surface area contributed by atoms with Crippen LogP contribution in [0, 0.1) is 5.92 Å². The molecular weight excluding hydrogens is 388 g/mol. The molecule has 0 bridgehead atoms. The molecule has 1 unspecified atom stereocenters. The van der Waals surface area contributed by atoms with E-state index >= 15 is 0 Å². The van der Waals surface area contributed by atoms with Crippen molar-refractivity contribution in [1.29, 1.82) is 0 Å². The molecule has 1 saturated heterocycles. The van der Waals surface area contributed by atoms with E-state index in [0.29, 0.717) is 12.0 Å². The first-order valence-electron chi connectivity index (χ1n) is 8.94. The monoisotopic (exact) mass is 412 g/mol. The lowest BCUT2D eigenvalue weighted by Crippen LogP contribution is -2.40. The Morgan fingerprint density at radius 1 is 1.38 bits per heavy atom. The highest BCUT2D eigenvalue weighted by atomic mass is 16.6. The maximum Gasteiger partial charge on any atom is 0.335 e. The van der Waals surface area contributed by atoms with Crippen LogP contribution in [0.15, 0.2) is 24.0 Å². The summed E-state index contributed by atoms with van der Waals surface area (Å²) in [6, 6.07) is 0. The third-order valence-electron chi connectivity index (χ3n) is 4.56. The summed E-state index contributed by atoms with van der Waals surface area (Å²) >= 11 is 0. The van der Waals surface area contributed by atoms with Crippen molar-refractivity contribution in [2.75, 3.05) is 6.61 Å². The zero-order valence-corrected chi connectivity index (χ0v) is 16.0. The molecule has 0 aromatic heterocycles. The summed E-state index contributed by atoms with van der Waals surface area (Å²) in [7, 11) is 0. The maximum atomic E-state index is 11.7. The van der Waals surface area contributed by atoms with E-state index in [1.807, 2.05) is 0 Å². The Morgan fingerprint density at radius 2 is 2.07 bits per heavy atom. The van der Waals surface area contributed by atoms with Crippen LogP contribution in [0.5, 0.6) is 0 Å². The number of allylic oxidation sites excluding steroid dienone is 1. The van der Waals surface area contributed by atoms with Gasteiger partial charge in [-0.3, -0.25) is 14.4 Å². The quantitative estimate of drug-likeness (QED) is 0.432. The molecule has 11 nitrogen and oxygen atoms in total. The summed E-state index contributed by atoms with van der Waals surface area (Å²) < 4.78 is 16.2. The number of amides is 1. The van der Waals surface area contributed by atoms with Gasteiger partial charge in [-0.05, 0) is 6.42 Å². The molecule has 160 valence electrons. The number of carbonyl (C=O) groups excluding carboxylic acids is 3. The van der Waals surface area contributed by atoms with Gasteiger partial charge in [0.1, 0.15) is 12.7 Å². The minimum atomic E-state index is -1.80. The highest BCUT2D eigenvalue weighted by molar-refractivity contribution is 5.92. The minimum absolute atomic E-state index is 0.283. The fourth-order valence-electron chi connectivity index (χ4n) is 3.05. The van der Waals surface area contributed by atoms with Gasteiger partial charge < -0.3 is 35.1 Å². The smallest absolute Gasteiger partial charge is 0.335 e. The van der Waals surface area contributed by atoms with Gasteiger partial charge in [0.15, 0.2) is 18.4 Å². The van der Waals surface area contributed by atoms with Crippen LogP contribution in [0.25, 0.3) is 0 Å². The lowest BCUT2D eigenvalue weighted by molar-refractivity contribution is -0.163. The molecule has 4 N–H and O–H groups in total. The molecule has 0 radical (unpaired) electrons. The van der Waals surface area contributed by atoms with Gasteiger partial charge in [0, 0.05) is 30.8 Å². The molecule has 0 spiro atoms. The number of ether oxygens (including phenoxy) is 3. The van der Waals surface area contributed by atoms with E-state index in [2.05, 4.69) is 0 Å². The van der Waals surface area contributed by atoms with Crippen molar-refractivity contribution in [3.8, 4) is 0 Å². The lowest BCUT2D eigenvalue weighted by atomic mass is 10.00. The Balaban J connectivity index is 2.10. The summed E-state index contributed by atoms with van der Waals surface area (Å²) in [5.74, 6) is -3.97. The number of rotatable bonds is 8. The first-order chi connectivity index (χ1) is 13.6. The fraction of sp³-hybridized carbons (Fsp3) is 0.556. The molecule has 2 aliphatic rings. The number of hydrogen-bond acceptors (Lipinski definition) is 9. The largest absolute Gasteiger partial charge is 0.481 e. The van der Waals surface area contributed by atoms with Gasteiger partial charge in [0.25, 0.3) is 0 Å². The molecular formula is C18H24N2O9. The standard InChI is InChI=1S/C18H24N2O9/c1-9-13(8-27-18(26)12(22)6-14(23)24)29-17(15(9)28-10(2)21)20-5-3-4-11(7-20)16(19)25/h3,5,7,9,12-13,15,17,22H,4,6,8H2,1-2H3,(H2,19,25)(H,23,24)/t9-,12+,13-,15?,17-/m1/s1. The third-order valence-corrected chi connectivity index (χ3v) is 4.56. The van der Waals surface area contributed by atoms with Crippen molar-refractivity contribution in [2.45, 2.75) is 51.2 Å². The topological polar surface area (TPSA) is 166 Å². The van der Waals surface area contributed by atoms with Crippen molar-refractivity contribution in [3.05, 3.63) is 24.0 Å². The normalized spacial score (nSPS) is 27.1. The van der Waals surface area contributed by atoms with Crippen LogP contribution in [0.1, 0.15) is 26.7 Å². The van der Waals surface area contributed by atoms with Crippen molar-refractivity contribution in [3.63, 3.8) is 0 Å². The van der Waals surface area contributed by atoms with Crippen molar-refractivity contribution in [2.24, 2.45) is 11.7 Å². The van der Waals surface area contributed by atoms with E-state index in [0.717, 1.165) is 0 Å². The second-order valence-electron chi connectivity index (χ2n) is 6.80. The highest BCUT2D eigenvalue weighted by Gasteiger charge is 2.47. The average Bonchev–Trinajstić information content (AvgIpc) is 2.94. The predicted octanol–water partition coefficient (Wildman–Crippen LogP) is -0.753. The van der Waals surface area contributed by atoms with E-state index in [-0.39, 0.29) is 6.61 Å². The number of hydrogen-bond donors (Lipinski definition) is 3. The highest BCUT2D eigenvalue weighted by Crippen LogP contribution is 2.33. The number of aliphatic hydroxyl groups is 1. The van der Waals surface area contributed by atoms with E-state index in [4.69, 9.17) is 25.1 Å². The molecule has 2 heterocycles. The number of aliphatic hydroxyl groups excluding tert-OH is 1. The molecule has 0 aromatic carbocycles. The summed E-state index contributed by atoms with van der Waals surface area (Å²) in [6.07, 6.45) is 0.399. The van der Waals surface area contributed by atoms with Crippen LogP contribution in [0.2, 0.25) is 0 Å². The molecule has 0 aliphatic carbocycles. The number of carboxylic acid groups (broad SMARTS) is 1. The first kappa shape index (κ1) is 22.4. The van der Waals surface area contributed by atoms with Crippen LogP contribution in [-0.2, 0) is 33.4 Å². The Hall–Kier alpha value is -2.92. The molecule has 1 amide bonds. The Bertz CT molecular complexity index is 733. The summed E-state index contributed by atoms with van der Waals surface area (Å²) in [5, 5.41) is 18.1. The van der Waals surface area contributed by atoms with Crippen molar-refractivity contribution < 1.29 is 43.6 Å². The zero-order chi connectivity index (χ0) is 21.7. The van der Waals surface area contributed by atoms with Crippen LogP contribution in [0.4, 0.5) is 0 Å². The van der Waals surface area contributed by atoms with Gasteiger partial charge in [-0.1, -0.05) is 13.0 Å². The van der Waals surface area contributed by atoms with Gasteiger partial charge in [0.05, 0.1) is 6.42 Å². The fourth-order valence-corrected chi connectivity index (χ4v) is 3.05. The molecule has 0 aromatic rings. The zero-order valence-electron chi connectivity index (χ0n) is 16.0. The number of aliphatic carboxylic acids is 1. The summed E-state index contributed by atoms with van der Waals surface area (Å²) in [4.78, 5) is 46.9. The van der Waals surface area contributed by atoms with Gasteiger partial charge in [-0.2, -0.15) is 0 Å². The minimum Gasteiger partial charge on any atom is -0.481 e. The first-order valence-corrected chi connectivity index (χ1v) is 8.94. The average molecular weight is 412 g/mol. The molecule has 5 atom stereocenters. The molecule has 1 fully saturated rings. The Morgan fingerprint density at radius 3 is 2.66 bits per heavy atom. The van der Waals surface area contributed by atoms with Crippen molar-refractivity contribution in [1.82, 2.24) is 4.90 Å². The molecule has 29 heavy (non-hydrogen) atoms. The Labute approximate surface area is 166 Å². The van der Waals surface area contributed by atoms with E-state index < -0.39 is 60.7 Å². The van der Waals surface area contributed by atoms with E-state index in [9.17, 15) is 24.3 Å².